The van der Waals surface area contributed by atoms with Crippen LogP contribution in [0.5, 0.6) is 0 Å². The number of halogens is 4. The van der Waals surface area contributed by atoms with E-state index in [1.54, 1.807) is 7.05 Å². The summed E-state index contributed by atoms with van der Waals surface area (Å²) in [5, 5.41) is 6.16. The molecule has 2 rings (SSSR count). The summed E-state index contributed by atoms with van der Waals surface area (Å²) in [5.41, 5.74) is 0.131. The van der Waals surface area contributed by atoms with Gasteiger partial charge in [-0.3, -0.25) is 4.99 Å². The normalized spacial score (nSPS) is 19.7. The van der Waals surface area contributed by atoms with Gasteiger partial charge in [-0.2, -0.15) is 13.2 Å². The fourth-order valence-electron chi connectivity index (χ4n) is 2.68. The molecule has 0 aromatic heterocycles. The molecule has 1 aromatic rings. The molecular formula is C16H23F3IN3O2S. The Morgan fingerprint density at radius 1 is 1.23 bits per heavy atom. The minimum absolute atomic E-state index is 0. The maximum atomic E-state index is 12.5. The molecule has 1 atom stereocenters. The van der Waals surface area contributed by atoms with Gasteiger partial charge in [0, 0.05) is 20.1 Å². The van der Waals surface area contributed by atoms with Gasteiger partial charge in [-0.1, -0.05) is 12.1 Å². The van der Waals surface area contributed by atoms with Crippen molar-refractivity contribution in [2.24, 2.45) is 10.9 Å². The van der Waals surface area contributed by atoms with Crippen LogP contribution in [0.4, 0.5) is 13.2 Å². The predicted molar refractivity (Wildman–Crippen MR) is 107 cm³/mol. The Hall–Kier alpha value is -1.04. The molecule has 1 fully saturated rings. The Balaban J connectivity index is 0.00000338. The molecule has 0 spiro atoms. The highest BCUT2D eigenvalue weighted by Gasteiger charge is 2.30. The number of hydrogen-bond donors (Lipinski definition) is 2. The van der Waals surface area contributed by atoms with E-state index >= 15 is 0 Å². The molecule has 0 bridgehead atoms. The van der Waals surface area contributed by atoms with Crippen LogP contribution < -0.4 is 10.6 Å². The van der Waals surface area contributed by atoms with E-state index in [0.717, 1.165) is 17.7 Å². The molecule has 10 heteroatoms. The topological polar surface area (TPSA) is 70.6 Å². The number of nitrogens with zero attached hydrogens (tertiary/aromatic N) is 1. The minimum atomic E-state index is -4.32. The van der Waals surface area contributed by atoms with Crippen LogP contribution in [0.3, 0.4) is 0 Å². The van der Waals surface area contributed by atoms with E-state index in [-0.39, 0.29) is 41.4 Å². The van der Waals surface area contributed by atoms with Crippen molar-refractivity contribution in [1.29, 1.82) is 0 Å². The second-order valence-electron chi connectivity index (χ2n) is 6.09. The maximum Gasteiger partial charge on any atom is 0.416 e. The van der Waals surface area contributed by atoms with Crippen molar-refractivity contribution in [3.8, 4) is 0 Å². The van der Waals surface area contributed by atoms with E-state index in [9.17, 15) is 21.6 Å². The summed E-state index contributed by atoms with van der Waals surface area (Å²) in [5.74, 6) is 1.07. The van der Waals surface area contributed by atoms with Crippen molar-refractivity contribution in [2.45, 2.75) is 19.0 Å². The monoisotopic (exact) mass is 505 g/mol. The van der Waals surface area contributed by atoms with Gasteiger partial charge in [0.1, 0.15) is 0 Å². The fourth-order valence-corrected chi connectivity index (χ4v) is 4.54. The lowest BCUT2D eigenvalue weighted by molar-refractivity contribution is -0.137. The molecule has 0 aliphatic carbocycles. The molecule has 0 radical (unpaired) electrons. The Morgan fingerprint density at radius 2 is 1.88 bits per heavy atom. The lowest BCUT2D eigenvalue weighted by atomic mass is 10.1. The average Bonchev–Trinajstić information content (AvgIpc) is 2.89. The van der Waals surface area contributed by atoms with Crippen molar-refractivity contribution in [3.05, 3.63) is 35.4 Å². The highest BCUT2D eigenvalue weighted by molar-refractivity contribution is 14.0. The van der Waals surface area contributed by atoms with Gasteiger partial charge in [-0.15, -0.1) is 24.0 Å². The summed E-state index contributed by atoms with van der Waals surface area (Å²) in [4.78, 5) is 4.06. The average molecular weight is 505 g/mol. The van der Waals surface area contributed by atoms with Gasteiger partial charge in [0.15, 0.2) is 15.8 Å². The molecule has 26 heavy (non-hydrogen) atoms. The van der Waals surface area contributed by atoms with Gasteiger partial charge in [0.05, 0.1) is 17.1 Å². The third kappa shape index (κ3) is 7.29. The number of aliphatic imine (C=N–C) groups is 1. The second-order valence-corrected chi connectivity index (χ2v) is 8.32. The van der Waals surface area contributed by atoms with E-state index in [0.29, 0.717) is 31.9 Å². The van der Waals surface area contributed by atoms with Crippen LogP contribution in [0.2, 0.25) is 0 Å². The van der Waals surface area contributed by atoms with E-state index in [4.69, 9.17) is 0 Å². The Labute approximate surface area is 168 Å². The van der Waals surface area contributed by atoms with Gasteiger partial charge in [-0.05, 0) is 36.5 Å². The van der Waals surface area contributed by atoms with Crippen molar-refractivity contribution in [1.82, 2.24) is 10.6 Å². The third-order valence-electron chi connectivity index (χ3n) is 4.10. The van der Waals surface area contributed by atoms with Crippen LogP contribution >= 0.6 is 24.0 Å². The third-order valence-corrected chi connectivity index (χ3v) is 5.93. The Bertz CT molecular complexity index is 706. The first-order valence-electron chi connectivity index (χ1n) is 8.01. The Kier molecular flexibility index (Phi) is 8.64. The van der Waals surface area contributed by atoms with Crippen LogP contribution in [0, 0.1) is 5.92 Å². The number of benzene rings is 1. The molecule has 148 valence electrons. The fraction of sp³-hybridized carbons (Fsp3) is 0.562. The summed E-state index contributed by atoms with van der Waals surface area (Å²) in [6, 6.07) is 5.07. The molecule has 5 nitrogen and oxygen atoms in total. The zero-order valence-electron chi connectivity index (χ0n) is 14.3. The maximum absolute atomic E-state index is 12.5. The van der Waals surface area contributed by atoms with E-state index in [1.165, 1.54) is 12.1 Å². The zero-order valence-corrected chi connectivity index (χ0v) is 17.5. The molecule has 1 unspecified atom stereocenters. The van der Waals surface area contributed by atoms with Crippen LogP contribution in [0.25, 0.3) is 0 Å². The number of alkyl halides is 3. The van der Waals surface area contributed by atoms with Crippen LogP contribution in [0.15, 0.2) is 29.3 Å². The molecule has 1 aliphatic rings. The molecule has 2 N–H and O–H groups in total. The number of rotatable bonds is 5. The largest absolute Gasteiger partial charge is 0.416 e. The lowest BCUT2D eigenvalue weighted by Crippen LogP contribution is -2.40. The van der Waals surface area contributed by atoms with E-state index in [1.807, 2.05) is 0 Å². The van der Waals surface area contributed by atoms with Crippen LogP contribution in [0.1, 0.15) is 17.5 Å². The zero-order chi connectivity index (χ0) is 18.5. The highest BCUT2D eigenvalue weighted by atomic mass is 127. The van der Waals surface area contributed by atoms with Crippen molar-refractivity contribution in [3.63, 3.8) is 0 Å². The van der Waals surface area contributed by atoms with Crippen LogP contribution in [-0.2, 0) is 22.4 Å². The quantitative estimate of drug-likeness (QED) is 0.367. The van der Waals surface area contributed by atoms with E-state index < -0.39 is 21.6 Å². The van der Waals surface area contributed by atoms with Gasteiger partial charge in [0.2, 0.25) is 0 Å². The summed E-state index contributed by atoms with van der Waals surface area (Å²) in [7, 11) is -1.29. The highest BCUT2D eigenvalue weighted by Crippen LogP contribution is 2.29. The summed E-state index contributed by atoms with van der Waals surface area (Å²) < 4.78 is 60.4. The van der Waals surface area contributed by atoms with Crippen molar-refractivity contribution in [2.75, 3.05) is 31.6 Å². The summed E-state index contributed by atoms with van der Waals surface area (Å²) >= 11 is 0. The number of guanidine groups is 1. The lowest BCUT2D eigenvalue weighted by Gasteiger charge is -2.14. The van der Waals surface area contributed by atoms with Crippen molar-refractivity contribution >= 4 is 39.8 Å². The standard InChI is InChI=1S/C16H22F3N3O2S.HI/c1-20-15(22-10-13-7-9-25(23,24)11-13)21-8-6-12-2-4-14(5-3-12)16(17,18)19;/h2-5,13H,6-11H2,1H3,(H2,20,21,22);1H. The first kappa shape index (κ1) is 23.0. The van der Waals surface area contributed by atoms with Gasteiger partial charge in [-0.25, -0.2) is 8.42 Å². The first-order chi connectivity index (χ1) is 11.7. The smallest absolute Gasteiger partial charge is 0.356 e. The molecule has 1 aliphatic heterocycles. The second kappa shape index (κ2) is 9.77. The molecule has 1 saturated heterocycles. The van der Waals surface area contributed by atoms with Crippen molar-refractivity contribution < 1.29 is 21.6 Å². The predicted octanol–water partition coefficient (Wildman–Crippen LogP) is 2.47. The minimum Gasteiger partial charge on any atom is -0.356 e. The Morgan fingerprint density at radius 3 is 2.38 bits per heavy atom. The number of hydrogen-bond acceptors (Lipinski definition) is 3. The SMILES string of the molecule is CN=C(NCCc1ccc(C(F)(F)F)cc1)NCC1CCS(=O)(=O)C1.I. The summed E-state index contributed by atoms with van der Waals surface area (Å²) in [6.07, 6.45) is -3.12. The molecular weight excluding hydrogens is 482 g/mol. The first-order valence-corrected chi connectivity index (χ1v) is 9.83. The molecule has 0 amide bonds. The van der Waals surface area contributed by atoms with E-state index in [2.05, 4.69) is 15.6 Å². The number of sulfone groups is 1. The van der Waals surface area contributed by atoms with Crippen LogP contribution in [-0.4, -0.2) is 46.0 Å². The number of nitrogens with one attached hydrogen (secondary N) is 2. The molecule has 0 saturated carbocycles. The summed E-state index contributed by atoms with van der Waals surface area (Å²) in [6.45, 7) is 1.03. The van der Waals surface area contributed by atoms with Gasteiger partial charge < -0.3 is 10.6 Å². The van der Waals surface area contributed by atoms with Gasteiger partial charge >= 0.3 is 6.18 Å². The molecule has 1 heterocycles. The molecule has 1 aromatic carbocycles. The van der Waals surface area contributed by atoms with Gasteiger partial charge in [0.25, 0.3) is 0 Å².